The van der Waals surface area contributed by atoms with Crippen LogP contribution in [0.1, 0.15) is 20.4 Å². The van der Waals surface area contributed by atoms with E-state index in [1.165, 1.54) is 31.4 Å². The predicted octanol–water partition coefficient (Wildman–Crippen LogP) is 2.09. The molecule has 0 radical (unpaired) electrons. The Morgan fingerprint density at radius 2 is 2.00 bits per heavy atom. The average molecular weight is 382 g/mol. The minimum atomic E-state index is -0.616. The zero-order chi connectivity index (χ0) is 18.9. The first-order valence-corrected chi connectivity index (χ1v) is 8.58. The van der Waals surface area contributed by atoms with Crippen molar-refractivity contribution in [1.82, 2.24) is 10.3 Å². The maximum atomic E-state index is 12.9. The summed E-state index contributed by atoms with van der Waals surface area (Å²) in [6.07, 6.45) is 0. The molecule has 0 bridgehead atoms. The molecule has 0 unspecified atom stereocenters. The standard InChI is InChI=1S/C17H19FN2O5S/c1-11-16(17(22)25-9-14(21)19-7-8-23-2)26-15(20-11)10-24-13-5-3-12(18)4-6-13/h3-6H,7-10H2,1-2H3,(H,19,21). The highest BCUT2D eigenvalue weighted by Crippen LogP contribution is 2.21. The molecule has 1 N–H and O–H groups in total. The van der Waals surface area contributed by atoms with Crippen molar-refractivity contribution in [2.45, 2.75) is 13.5 Å². The van der Waals surface area contributed by atoms with Gasteiger partial charge in [0, 0.05) is 13.7 Å². The number of aryl methyl sites for hydroxylation is 1. The summed E-state index contributed by atoms with van der Waals surface area (Å²) in [7, 11) is 1.52. The first-order chi connectivity index (χ1) is 12.5. The van der Waals surface area contributed by atoms with E-state index in [1.807, 2.05) is 0 Å². The highest BCUT2D eigenvalue weighted by molar-refractivity contribution is 7.13. The Balaban J connectivity index is 1.85. The Hall–Kier alpha value is -2.52. The molecular formula is C17H19FN2O5S. The minimum absolute atomic E-state index is 0.141. The van der Waals surface area contributed by atoms with Crippen LogP contribution in [0.3, 0.4) is 0 Å². The fraction of sp³-hybridized carbons (Fsp3) is 0.353. The van der Waals surface area contributed by atoms with Crippen LogP contribution in [0.4, 0.5) is 4.39 Å². The maximum absolute atomic E-state index is 12.9. The van der Waals surface area contributed by atoms with Crippen molar-refractivity contribution in [3.8, 4) is 5.75 Å². The first kappa shape index (κ1) is 19.8. The van der Waals surface area contributed by atoms with Crippen molar-refractivity contribution in [2.75, 3.05) is 26.9 Å². The molecule has 0 fully saturated rings. The van der Waals surface area contributed by atoms with Crippen LogP contribution in [-0.2, 0) is 20.9 Å². The Kier molecular flexibility index (Phi) is 7.49. The molecule has 0 aliphatic heterocycles. The molecule has 2 aromatic rings. The number of thiazole rings is 1. The molecule has 0 atom stereocenters. The van der Waals surface area contributed by atoms with Gasteiger partial charge in [-0.25, -0.2) is 14.2 Å². The van der Waals surface area contributed by atoms with Crippen LogP contribution in [0.25, 0.3) is 0 Å². The summed E-state index contributed by atoms with van der Waals surface area (Å²) in [4.78, 5) is 28.2. The van der Waals surface area contributed by atoms with Gasteiger partial charge in [0.25, 0.3) is 5.91 Å². The molecule has 0 aliphatic rings. The van der Waals surface area contributed by atoms with Crippen molar-refractivity contribution in [2.24, 2.45) is 0 Å². The number of hydrogen-bond acceptors (Lipinski definition) is 7. The number of methoxy groups -OCH3 is 1. The molecule has 2 rings (SSSR count). The number of carbonyl (C=O) groups excluding carboxylic acids is 2. The Morgan fingerprint density at radius 3 is 2.69 bits per heavy atom. The van der Waals surface area contributed by atoms with E-state index in [9.17, 15) is 14.0 Å². The zero-order valence-electron chi connectivity index (χ0n) is 14.4. The highest BCUT2D eigenvalue weighted by atomic mass is 32.1. The minimum Gasteiger partial charge on any atom is -0.486 e. The quantitative estimate of drug-likeness (QED) is 0.528. The SMILES string of the molecule is COCCNC(=O)COC(=O)c1sc(COc2ccc(F)cc2)nc1C. The van der Waals surface area contributed by atoms with E-state index in [-0.39, 0.29) is 19.0 Å². The second-order valence-electron chi connectivity index (χ2n) is 5.18. The number of esters is 1. The molecule has 1 aromatic heterocycles. The monoisotopic (exact) mass is 382 g/mol. The van der Waals surface area contributed by atoms with Gasteiger partial charge in [-0.2, -0.15) is 0 Å². The molecule has 1 heterocycles. The summed E-state index contributed by atoms with van der Waals surface area (Å²) >= 11 is 1.13. The Bertz CT molecular complexity index is 748. The van der Waals surface area contributed by atoms with Crippen LogP contribution >= 0.6 is 11.3 Å². The molecule has 0 saturated carbocycles. The fourth-order valence-electron chi connectivity index (χ4n) is 1.92. The van der Waals surface area contributed by atoms with Crippen LogP contribution in [-0.4, -0.2) is 43.7 Å². The van der Waals surface area contributed by atoms with Crippen molar-refractivity contribution < 1.29 is 28.2 Å². The van der Waals surface area contributed by atoms with Crippen molar-refractivity contribution in [1.29, 1.82) is 0 Å². The van der Waals surface area contributed by atoms with E-state index >= 15 is 0 Å². The third-order valence-corrected chi connectivity index (χ3v) is 4.28. The summed E-state index contributed by atoms with van der Waals surface area (Å²) in [5.74, 6) is -0.873. The van der Waals surface area contributed by atoms with Gasteiger partial charge in [-0.3, -0.25) is 4.79 Å². The fourth-order valence-corrected chi connectivity index (χ4v) is 2.79. The highest BCUT2D eigenvalue weighted by Gasteiger charge is 2.18. The van der Waals surface area contributed by atoms with Crippen LogP contribution in [0.5, 0.6) is 5.75 Å². The normalized spacial score (nSPS) is 10.4. The summed E-state index contributed by atoms with van der Waals surface area (Å²) in [5, 5.41) is 3.13. The number of benzene rings is 1. The van der Waals surface area contributed by atoms with Gasteiger partial charge in [0.15, 0.2) is 6.61 Å². The molecule has 0 aliphatic carbocycles. The molecule has 0 spiro atoms. The van der Waals surface area contributed by atoms with E-state index in [0.29, 0.717) is 34.5 Å². The third kappa shape index (κ3) is 6.08. The average Bonchev–Trinajstić information content (AvgIpc) is 3.00. The summed E-state index contributed by atoms with van der Waals surface area (Å²) in [6, 6.07) is 5.60. The van der Waals surface area contributed by atoms with Gasteiger partial charge >= 0.3 is 5.97 Å². The van der Waals surface area contributed by atoms with E-state index in [2.05, 4.69) is 10.3 Å². The molecule has 0 saturated heterocycles. The van der Waals surface area contributed by atoms with Crippen LogP contribution in [0.2, 0.25) is 0 Å². The molecule has 9 heteroatoms. The Morgan fingerprint density at radius 1 is 1.27 bits per heavy atom. The summed E-state index contributed by atoms with van der Waals surface area (Å²) in [6.45, 7) is 2.17. The largest absolute Gasteiger partial charge is 0.486 e. The molecule has 26 heavy (non-hydrogen) atoms. The van der Waals surface area contributed by atoms with Gasteiger partial charge in [-0.05, 0) is 31.2 Å². The number of amides is 1. The number of nitrogens with one attached hydrogen (secondary N) is 1. The summed E-state index contributed by atoms with van der Waals surface area (Å²) in [5.41, 5.74) is 0.498. The van der Waals surface area contributed by atoms with Gasteiger partial charge < -0.3 is 19.5 Å². The van der Waals surface area contributed by atoms with E-state index in [1.54, 1.807) is 6.92 Å². The van der Waals surface area contributed by atoms with Gasteiger partial charge in [0.05, 0.1) is 12.3 Å². The van der Waals surface area contributed by atoms with E-state index < -0.39 is 11.9 Å². The third-order valence-electron chi connectivity index (χ3n) is 3.16. The van der Waals surface area contributed by atoms with Crippen molar-refractivity contribution in [3.63, 3.8) is 0 Å². The number of rotatable bonds is 9. The first-order valence-electron chi connectivity index (χ1n) is 7.77. The number of ether oxygens (including phenoxy) is 3. The number of carbonyl (C=O) groups is 2. The predicted molar refractivity (Wildman–Crippen MR) is 92.8 cm³/mol. The topological polar surface area (TPSA) is 86.8 Å². The zero-order valence-corrected chi connectivity index (χ0v) is 15.2. The lowest BCUT2D eigenvalue weighted by atomic mass is 10.3. The van der Waals surface area contributed by atoms with Gasteiger partial charge in [0.1, 0.15) is 28.1 Å². The summed E-state index contributed by atoms with van der Waals surface area (Å²) < 4.78 is 28.2. The number of halogens is 1. The second kappa shape index (κ2) is 9.83. The molecule has 140 valence electrons. The van der Waals surface area contributed by atoms with E-state index in [0.717, 1.165) is 11.3 Å². The molecule has 7 nitrogen and oxygen atoms in total. The van der Waals surface area contributed by atoms with Crippen molar-refractivity contribution in [3.05, 3.63) is 45.7 Å². The lowest BCUT2D eigenvalue weighted by Crippen LogP contribution is -2.31. The maximum Gasteiger partial charge on any atom is 0.350 e. The number of nitrogens with zero attached hydrogens (tertiary/aromatic N) is 1. The number of aromatic nitrogens is 1. The lowest BCUT2D eigenvalue weighted by molar-refractivity contribution is -0.124. The van der Waals surface area contributed by atoms with Crippen LogP contribution in [0, 0.1) is 12.7 Å². The Labute approximate surface area is 154 Å². The van der Waals surface area contributed by atoms with Crippen LogP contribution < -0.4 is 10.1 Å². The van der Waals surface area contributed by atoms with Gasteiger partial charge in [0.2, 0.25) is 0 Å². The van der Waals surface area contributed by atoms with Crippen molar-refractivity contribution >= 4 is 23.2 Å². The molecule has 1 aromatic carbocycles. The lowest BCUT2D eigenvalue weighted by Gasteiger charge is -2.05. The number of hydrogen-bond donors (Lipinski definition) is 1. The molecule has 1 amide bonds. The smallest absolute Gasteiger partial charge is 0.350 e. The van der Waals surface area contributed by atoms with Crippen LogP contribution in [0.15, 0.2) is 24.3 Å². The molecular weight excluding hydrogens is 363 g/mol. The van der Waals surface area contributed by atoms with Gasteiger partial charge in [-0.1, -0.05) is 0 Å². The second-order valence-corrected chi connectivity index (χ2v) is 6.27. The van der Waals surface area contributed by atoms with E-state index in [4.69, 9.17) is 14.2 Å². The van der Waals surface area contributed by atoms with Gasteiger partial charge in [-0.15, -0.1) is 11.3 Å².